The molecule has 5 heteroatoms. The molecule has 106 valence electrons. The molecule has 0 aliphatic carbocycles. The van der Waals surface area contributed by atoms with Crippen LogP contribution in [0.25, 0.3) is 0 Å². The van der Waals surface area contributed by atoms with Gasteiger partial charge < -0.3 is 15.5 Å². The molecule has 2 rings (SSSR count). The molecular formula is C14H25N5. The second-order valence-corrected chi connectivity index (χ2v) is 6.37. The molecule has 1 aromatic rings. The predicted molar refractivity (Wildman–Crippen MR) is 79.7 cm³/mol. The van der Waals surface area contributed by atoms with Crippen LogP contribution in [0.5, 0.6) is 0 Å². The van der Waals surface area contributed by atoms with Crippen LogP contribution in [0.2, 0.25) is 0 Å². The van der Waals surface area contributed by atoms with Gasteiger partial charge in [0.25, 0.3) is 0 Å². The molecule has 1 saturated heterocycles. The van der Waals surface area contributed by atoms with Crippen molar-refractivity contribution in [3.05, 3.63) is 12.3 Å². The van der Waals surface area contributed by atoms with E-state index in [0.717, 1.165) is 31.4 Å². The summed E-state index contributed by atoms with van der Waals surface area (Å²) in [5.41, 5.74) is 0.226. The van der Waals surface area contributed by atoms with Gasteiger partial charge >= 0.3 is 0 Å². The summed E-state index contributed by atoms with van der Waals surface area (Å²) in [6, 6.07) is 2.56. The maximum Gasteiger partial charge on any atom is 0.224 e. The number of rotatable bonds is 4. The Morgan fingerprint density at radius 1 is 1.42 bits per heavy atom. The van der Waals surface area contributed by atoms with Gasteiger partial charge in [-0.05, 0) is 24.9 Å². The van der Waals surface area contributed by atoms with Gasteiger partial charge in [-0.2, -0.15) is 4.98 Å². The number of nitrogens with one attached hydrogen (secondary N) is 2. The molecule has 0 aromatic carbocycles. The first-order valence-corrected chi connectivity index (χ1v) is 6.97. The lowest BCUT2D eigenvalue weighted by atomic mass is 9.97. The highest BCUT2D eigenvalue weighted by atomic mass is 15.3. The Balaban J connectivity index is 1.99. The Morgan fingerprint density at radius 2 is 2.21 bits per heavy atom. The van der Waals surface area contributed by atoms with Gasteiger partial charge in [-0.25, -0.2) is 4.98 Å². The number of anilines is 2. The average molecular weight is 263 g/mol. The van der Waals surface area contributed by atoms with Gasteiger partial charge in [0.2, 0.25) is 5.95 Å². The van der Waals surface area contributed by atoms with Gasteiger partial charge in [-0.1, -0.05) is 20.8 Å². The van der Waals surface area contributed by atoms with Crippen LogP contribution in [0.3, 0.4) is 0 Å². The molecule has 2 N–H and O–H groups in total. The summed E-state index contributed by atoms with van der Waals surface area (Å²) in [7, 11) is 2.02. The molecule has 1 aliphatic rings. The summed E-state index contributed by atoms with van der Waals surface area (Å²) in [6.45, 7) is 9.54. The second kappa shape index (κ2) is 5.74. The van der Waals surface area contributed by atoms with Crippen molar-refractivity contribution in [3.63, 3.8) is 0 Å². The van der Waals surface area contributed by atoms with Crippen molar-refractivity contribution in [2.75, 3.05) is 36.9 Å². The third-order valence-corrected chi connectivity index (χ3v) is 3.34. The van der Waals surface area contributed by atoms with Crippen LogP contribution in [0.4, 0.5) is 11.8 Å². The largest absolute Gasteiger partial charge is 0.355 e. The highest BCUT2D eigenvalue weighted by molar-refractivity contribution is 5.43. The minimum Gasteiger partial charge on any atom is -0.355 e. The van der Waals surface area contributed by atoms with Gasteiger partial charge in [-0.15, -0.1) is 0 Å². The van der Waals surface area contributed by atoms with E-state index >= 15 is 0 Å². The first-order valence-electron chi connectivity index (χ1n) is 6.97. The zero-order valence-corrected chi connectivity index (χ0v) is 12.4. The fourth-order valence-corrected chi connectivity index (χ4v) is 2.16. The lowest BCUT2D eigenvalue weighted by Crippen LogP contribution is -2.30. The molecule has 0 saturated carbocycles. The van der Waals surface area contributed by atoms with E-state index in [1.54, 1.807) is 0 Å². The summed E-state index contributed by atoms with van der Waals surface area (Å²) in [5.74, 6) is 1.74. The molecule has 0 spiro atoms. The summed E-state index contributed by atoms with van der Waals surface area (Å²) in [4.78, 5) is 11.2. The quantitative estimate of drug-likeness (QED) is 0.866. The van der Waals surface area contributed by atoms with E-state index in [1.807, 2.05) is 19.3 Å². The van der Waals surface area contributed by atoms with E-state index in [0.29, 0.717) is 6.04 Å². The Kier molecular flexibility index (Phi) is 4.24. The van der Waals surface area contributed by atoms with E-state index in [1.165, 1.54) is 6.42 Å². The topological polar surface area (TPSA) is 53.1 Å². The Hall–Kier alpha value is -1.36. The molecule has 0 unspecified atom stereocenters. The van der Waals surface area contributed by atoms with Gasteiger partial charge in [-0.3, -0.25) is 0 Å². The molecular weight excluding hydrogens is 238 g/mol. The second-order valence-electron chi connectivity index (χ2n) is 6.37. The fraction of sp³-hybridized carbons (Fsp3) is 0.714. The molecule has 1 aliphatic heterocycles. The van der Waals surface area contributed by atoms with Crippen molar-refractivity contribution in [1.29, 1.82) is 0 Å². The van der Waals surface area contributed by atoms with Crippen molar-refractivity contribution in [3.8, 4) is 0 Å². The standard InChI is InChI=1S/C14H25N5/c1-14(2,3)10-17-13-16-7-5-12(18-13)19-8-6-11(9-19)15-4/h5,7,11,15H,6,8-10H2,1-4H3,(H,16,17,18)/t11-/m1/s1. The van der Waals surface area contributed by atoms with Crippen LogP contribution in [-0.4, -0.2) is 42.7 Å². The van der Waals surface area contributed by atoms with E-state index < -0.39 is 0 Å². The van der Waals surface area contributed by atoms with E-state index in [2.05, 4.69) is 46.3 Å². The number of hydrogen-bond donors (Lipinski definition) is 2. The predicted octanol–water partition coefficient (Wildman–Crippen LogP) is 1.73. The third kappa shape index (κ3) is 4.06. The minimum absolute atomic E-state index is 0.226. The Labute approximate surface area is 115 Å². The van der Waals surface area contributed by atoms with Crippen LogP contribution < -0.4 is 15.5 Å². The summed E-state index contributed by atoms with van der Waals surface area (Å²) < 4.78 is 0. The lowest BCUT2D eigenvalue weighted by Gasteiger charge is -2.20. The highest BCUT2D eigenvalue weighted by Gasteiger charge is 2.22. The molecule has 19 heavy (non-hydrogen) atoms. The Morgan fingerprint density at radius 3 is 2.84 bits per heavy atom. The zero-order valence-electron chi connectivity index (χ0n) is 12.4. The Bertz CT molecular complexity index is 413. The van der Waals surface area contributed by atoms with Gasteiger partial charge in [0, 0.05) is 31.9 Å². The first-order chi connectivity index (χ1) is 8.98. The smallest absolute Gasteiger partial charge is 0.224 e. The van der Waals surface area contributed by atoms with Gasteiger partial charge in [0.15, 0.2) is 0 Å². The molecule has 0 bridgehead atoms. The molecule has 1 atom stereocenters. The van der Waals surface area contributed by atoms with Crippen LogP contribution in [0.1, 0.15) is 27.2 Å². The van der Waals surface area contributed by atoms with Crippen molar-refractivity contribution in [1.82, 2.24) is 15.3 Å². The number of aromatic nitrogens is 2. The van der Waals surface area contributed by atoms with Crippen LogP contribution in [-0.2, 0) is 0 Å². The maximum atomic E-state index is 4.60. The average Bonchev–Trinajstić information content (AvgIpc) is 2.85. The number of nitrogens with zero attached hydrogens (tertiary/aromatic N) is 3. The molecule has 5 nitrogen and oxygen atoms in total. The number of hydrogen-bond acceptors (Lipinski definition) is 5. The minimum atomic E-state index is 0.226. The lowest BCUT2D eigenvalue weighted by molar-refractivity contribution is 0.442. The monoisotopic (exact) mass is 263 g/mol. The SMILES string of the molecule is CN[C@@H]1CCN(c2ccnc(NCC(C)(C)C)n2)C1. The van der Waals surface area contributed by atoms with Crippen LogP contribution >= 0.6 is 0 Å². The van der Waals surface area contributed by atoms with E-state index in [9.17, 15) is 0 Å². The zero-order chi connectivity index (χ0) is 13.9. The van der Waals surface area contributed by atoms with Crippen molar-refractivity contribution >= 4 is 11.8 Å². The third-order valence-electron chi connectivity index (χ3n) is 3.34. The summed E-state index contributed by atoms with van der Waals surface area (Å²) >= 11 is 0. The van der Waals surface area contributed by atoms with Crippen molar-refractivity contribution in [2.45, 2.75) is 33.2 Å². The number of likely N-dealkylation sites (N-methyl/N-ethyl adjacent to an activating group) is 1. The molecule has 0 amide bonds. The van der Waals surface area contributed by atoms with Gasteiger partial charge in [0.1, 0.15) is 5.82 Å². The summed E-state index contributed by atoms with van der Waals surface area (Å²) in [5, 5.41) is 6.63. The van der Waals surface area contributed by atoms with E-state index in [4.69, 9.17) is 0 Å². The van der Waals surface area contributed by atoms with Crippen LogP contribution in [0.15, 0.2) is 12.3 Å². The normalized spacial score (nSPS) is 19.8. The van der Waals surface area contributed by atoms with E-state index in [-0.39, 0.29) is 5.41 Å². The molecule has 2 heterocycles. The molecule has 1 fully saturated rings. The summed E-state index contributed by atoms with van der Waals surface area (Å²) in [6.07, 6.45) is 3.01. The molecule has 1 aromatic heterocycles. The van der Waals surface area contributed by atoms with Crippen molar-refractivity contribution in [2.24, 2.45) is 5.41 Å². The van der Waals surface area contributed by atoms with Crippen molar-refractivity contribution < 1.29 is 0 Å². The first kappa shape index (κ1) is 14.1. The van der Waals surface area contributed by atoms with Gasteiger partial charge in [0.05, 0.1) is 0 Å². The highest BCUT2D eigenvalue weighted by Crippen LogP contribution is 2.19. The fourth-order valence-electron chi connectivity index (χ4n) is 2.16. The molecule has 0 radical (unpaired) electrons. The maximum absolute atomic E-state index is 4.60. The van der Waals surface area contributed by atoms with Crippen LogP contribution in [0, 0.1) is 5.41 Å².